The lowest BCUT2D eigenvalue weighted by Crippen LogP contribution is -2.29. The minimum atomic E-state index is -0.121. The summed E-state index contributed by atoms with van der Waals surface area (Å²) in [7, 11) is 0. The summed E-state index contributed by atoms with van der Waals surface area (Å²) in [4.78, 5) is 11.7. The Morgan fingerprint density at radius 2 is 2.00 bits per heavy atom. The van der Waals surface area contributed by atoms with E-state index in [1.165, 1.54) is 11.1 Å². The van der Waals surface area contributed by atoms with Gasteiger partial charge in [0.15, 0.2) is 6.61 Å². The van der Waals surface area contributed by atoms with Crippen molar-refractivity contribution in [2.45, 2.75) is 19.8 Å². The van der Waals surface area contributed by atoms with Crippen molar-refractivity contribution in [2.24, 2.45) is 0 Å². The van der Waals surface area contributed by atoms with Crippen LogP contribution in [0.5, 0.6) is 5.75 Å². The molecule has 0 saturated heterocycles. The minimum absolute atomic E-state index is 0.00475. The van der Waals surface area contributed by atoms with Gasteiger partial charge in [-0.3, -0.25) is 4.79 Å². The van der Waals surface area contributed by atoms with Crippen LogP contribution in [-0.4, -0.2) is 19.1 Å². The van der Waals surface area contributed by atoms with Gasteiger partial charge >= 0.3 is 0 Å². The van der Waals surface area contributed by atoms with Crippen molar-refractivity contribution in [3.8, 4) is 5.75 Å². The van der Waals surface area contributed by atoms with E-state index >= 15 is 0 Å². The van der Waals surface area contributed by atoms with E-state index in [9.17, 15) is 4.79 Å². The molecule has 0 fully saturated rings. The number of aryl methyl sites for hydroxylation is 2. The Morgan fingerprint density at radius 3 is 2.77 bits per heavy atom. The van der Waals surface area contributed by atoms with Crippen LogP contribution in [0.4, 0.5) is 0 Å². The van der Waals surface area contributed by atoms with Crippen molar-refractivity contribution in [3.63, 3.8) is 0 Å². The molecule has 1 amide bonds. The number of hydrogen-bond acceptors (Lipinski definition) is 2. The van der Waals surface area contributed by atoms with Crippen LogP contribution in [-0.2, 0) is 11.2 Å². The normalized spacial score (nSPS) is 10.3. The maximum Gasteiger partial charge on any atom is 0.257 e. The lowest BCUT2D eigenvalue weighted by atomic mass is 10.1. The molecule has 0 radical (unpaired) electrons. The first-order valence-electron chi connectivity index (χ1n) is 7.34. The van der Waals surface area contributed by atoms with Gasteiger partial charge in [-0.2, -0.15) is 0 Å². The summed E-state index contributed by atoms with van der Waals surface area (Å²) >= 11 is 5.85. The zero-order valence-corrected chi connectivity index (χ0v) is 13.4. The summed E-state index contributed by atoms with van der Waals surface area (Å²) < 4.78 is 5.38. The lowest BCUT2D eigenvalue weighted by molar-refractivity contribution is -0.123. The fourth-order valence-electron chi connectivity index (χ4n) is 2.14. The van der Waals surface area contributed by atoms with Crippen molar-refractivity contribution in [1.29, 1.82) is 0 Å². The van der Waals surface area contributed by atoms with Gasteiger partial charge in [0.2, 0.25) is 0 Å². The van der Waals surface area contributed by atoms with Crippen molar-refractivity contribution >= 4 is 17.5 Å². The highest BCUT2D eigenvalue weighted by molar-refractivity contribution is 6.30. The molecule has 1 N–H and O–H groups in total. The second-order valence-electron chi connectivity index (χ2n) is 5.19. The van der Waals surface area contributed by atoms with E-state index < -0.39 is 0 Å². The van der Waals surface area contributed by atoms with Crippen LogP contribution in [0.2, 0.25) is 5.02 Å². The predicted molar refractivity (Wildman–Crippen MR) is 89.5 cm³/mol. The summed E-state index contributed by atoms with van der Waals surface area (Å²) in [5.41, 5.74) is 2.56. The van der Waals surface area contributed by atoms with Gasteiger partial charge in [0.1, 0.15) is 5.75 Å². The summed E-state index contributed by atoms with van der Waals surface area (Å²) in [5, 5.41) is 3.45. The summed E-state index contributed by atoms with van der Waals surface area (Å²) in [5.74, 6) is 0.478. The Kier molecular flexibility index (Phi) is 6.28. The van der Waals surface area contributed by atoms with Gasteiger partial charge < -0.3 is 10.1 Å². The SMILES string of the molecule is Cc1cccc(CCCNC(=O)COc2cccc(Cl)c2)c1. The van der Waals surface area contributed by atoms with E-state index in [1.807, 2.05) is 0 Å². The molecule has 2 rings (SSSR count). The van der Waals surface area contributed by atoms with E-state index in [1.54, 1.807) is 24.3 Å². The fraction of sp³-hybridized carbons (Fsp3) is 0.278. The standard InChI is InChI=1S/C18H20ClNO2/c1-14-5-2-6-15(11-14)7-4-10-20-18(21)13-22-17-9-3-8-16(19)12-17/h2-3,5-6,8-9,11-12H,4,7,10,13H2,1H3,(H,20,21). The van der Waals surface area contributed by atoms with Crippen molar-refractivity contribution in [3.05, 3.63) is 64.7 Å². The average molecular weight is 318 g/mol. The molecule has 0 unspecified atom stereocenters. The topological polar surface area (TPSA) is 38.3 Å². The molecule has 2 aromatic carbocycles. The summed E-state index contributed by atoms with van der Waals surface area (Å²) in [6, 6.07) is 15.4. The number of nitrogens with one attached hydrogen (secondary N) is 1. The number of benzene rings is 2. The number of hydrogen-bond donors (Lipinski definition) is 1. The van der Waals surface area contributed by atoms with Crippen LogP contribution < -0.4 is 10.1 Å². The molecule has 0 aliphatic heterocycles. The van der Waals surface area contributed by atoms with Gasteiger partial charge in [-0.15, -0.1) is 0 Å². The van der Waals surface area contributed by atoms with Gasteiger partial charge in [-0.1, -0.05) is 47.5 Å². The maximum atomic E-state index is 11.7. The maximum absolute atomic E-state index is 11.7. The zero-order valence-electron chi connectivity index (χ0n) is 12.6. The highest BCUT2D eigenvalue weighted by Crippen LogP contribution is 2.16. The molecule has 0 saturated carbocycles. The molecule has 0 aromatic heterocycles. The largest absolute Gasteiger partial charge is 0.484 e. The average Bonchev–Trinajstić information content (AvgIpc) is 2.50. The monoisotopic (exact) mass is 317 g/mol. The number of carbonyl (C=O) groups excluding carboxylic acids is 1. The lowest BCUT2D eigenvalue weighted by Gasteiger charge is -2.08. The van der Waals surface area contributed by atoms with Crippen LogP contribution in [0, 0.1) is 6.92 Å². The molecular formula is C18H20ClNO2. The third-order valence-corrected chi connectivity index (χ3v) is 3.45. The van der Waals surface area contributed by atoms with E-state index in [2.05, 4.69) is 36.5 Å². The fourth-order valence-corrected chi connectivity index (χ4v) is 2.32. The first-order chi connectivity index (χ1) is 10.6. The van der Waals surface area contributed by atoms with E-state index in [0.717, 1.165) is 12.8 Å². The third-order valence-electron chi connectivity index (χ3n) is 3.21. The second-order valence-corrected chi connectivity index (χ2v) is 5.63. The molecule has 3 nitrogen and oxygen atoms in total. The molecule has 0 bridgehead atoms. The predicted octanol–water partition coefficient (Wildman–Crippen LogP) is 3.78. The van der Waals surface area contributed by atoms with Crippen LogP contribution in [0.15, 0.2) is 48.5 Å². The van der Waals surface area contributed by atoms with Crippen LogP contribution in [0.1, 0.15) is 17.5 Å². The number of halogens is 1. The smallest absolute Gasteiger partial charge is 0.257 e. The summed E-state index contributed by atoms with van der Waals surface area (Å²) in [6.07, 6.45) is 1.86. The first-order valence-corrected chi connectivity index (χ1v) is 7.72. The second kappa shape index (κ2) is 8.44. The number of amides is 1. The van der Waals surface area contributed by atoms with Gasteiger partial charge in [0.05, 0.1) is 0 Å². The van der Waals surface area contributed by atoms with Gasteiger partial charge in [-0.25, -0.2) is 0 Å². The zero-order chi connectivity index (χ0) is 15.8. The molecular weight excluding hydrogens is 298 g/mol. The quantitative estimate of drug-likeness (QED) is 0.789. The van der Waals surface area contributed by atoms with Crippen LogP contribution in [0.3, 0.4) is 0 Å². The Balaban J connectivity index is 1.63. The third kappa shape index (κ3) is 5.78. The Hall–Kier alpha value is -2.00. The molecule has 116 valence electrons. The molecule has 4 heteroatoms. The Labute approximate surface area is 136 Å². The molecule has 0 heterocycles. The Morgan fingerprint density at radius 1 is 1.18 bits per heavy atom. The summed E-state index contributed by atoms with van der Waals surface area (Å²) in [6.45, 7) is 2.73. The van der Waals surface area contributed by atoms with E-state index in [-0.39, 0.29) is 12.5 Å². The molecule has 0 aliphatic carbocycles. The number of ether oxygens (including phenoxy) is 1. The van der Waals surface area contributed by atoms with Crippen LogP contribution in [0.25, 0.3) is 0 Å². The van der Waals surface area contributed by atoms with Crippen molar-refractivity contribution in [2.75, 3.05) is 13.2 Å². The van der Waals surface area contributed by atoms with Gasteiger partial charge in [0.25, 0.3) is 5.91 Å². The van der Waals surface area contributed by atoms with Crippen molar-refractivity contribution < 1.29 is 9.53 Å². The molecule has 0 atom stereocenters. The van der Waals surface area contributed by atoms with Gasteiger partial charge in [-0.05, 0) is 43.5 Å². The molecule has 22 heavy (non-hydrogen) atoms. The highest BCUT2D eigenvalue weighted by Gasteiger charge is 2.03. The molecule has 0 aliphatic rings. The van der Waals surface area contributed by atoms with Crippen LogP contribution >= 0.6 is 11.6 Å². The van der Waals surface area contributed by atoms with E-state index in [4.69, 9.17) is 16.3 Å². The van der Waals surface area contributed by atoms with Gasteiger partial charge in [0, 0.05) is 11.6 Å². The Bertz CT molecular complexity index is 628. The first kappa shape index (κ1) is 16.4. The molecule has 2 aromatic rings. The molecule has 0 spiro atoms. The van der Waals surface area contributed by atoms with E-state index in [0.29, 0.717) is 17.3 Å². The minimum Gasteiger partial charge on any atom is -0.484 e. The highest BCUT2D eigenvalue weighted by atomic mass is 35.5. The number of rotatable bonds is 7. The van der Waals surface area contributed by atoms with Crippen molar-refractivity contribution in [1.82, 2.24) is 5.32 Å². The number of carbonyl (C=O) groups is 1.